The molecule has 1 aliphatic rings. The molecule has 0 aromatic heterocycles. The predicted molar refractivity (Wildman–Crippen MR) is 55.0 cm³/mol. The lowest BCUT2D eigenvalue weighted by molar-refractivity contribution is -0.122. The second-order valence-electron chi connectivity index (χ2n) is 3.94. The van der Waals surface area contributed by atoms with Crippen LogP contribution in [0.25, 0.3) is 0 Å². The molecule has 0 spiro atoms. The van der Waals surface area contributed by atoms with Crippen LogP contribution in [-0.4, -0.2) is 36.1 Å². The topological polar surface area (TPSA) is 78.4 Å². The smallest absolute Gasteiger partial charge is 0.221 e. The first-order valence-corrected chi connectivity index (χ1v) is 5.29. The van der Waals surface area contributed by atoms with E-state index < -0.39 is 6.10 Å². The van der Waals surface area contributed by atoms with Crippen LogP contribution >= 0.6 is 0 Å². The molecule has 1 unspecified atom stereocenters. The summed E-state index contributed by atoms with van der Waals surface area (Å²) < 4.78 is 0. The lowest BCUT2D eigenvalue weighted by Gasteiger charge is -2.10. The van der Waals surface area contributed by atoms with E-state index in [1.54, 1.807) is 0 Å². The van der Waals surface area contributed by atoms with Gasteiger partial charge in [0.05, 0.1) is 6.10 Å². The zero-order valence-corrected chi connectivity index (χ0v) is 8.95. The molecule has 1 rings (SSSR count). The van der Waals surface area contributed by atoms with Crippen LogP contribution in [0.1, 0.15) is 26.2 Å². The molecule has 0 saturated heterocycles. The Morgan fingerprint density at radius 3 is 2.60 bits per heavy atom. The van der Waals surface area contributed by atoms with Gasteiger partial charge in [-0.05, 0) is 18.8 Å². The number of aliphatic hydroxyl groups excluding tert-OH is 1. The minimum absolute atomic E-state index is 0.136. The lowest BCUT2D eigenvalue weighted by Crippen LogP contribution is -2.35. The van der Waals surface area contributed by atoms with E-state index in [0.29, 0.717) is 19.0 Å². The van der Waals surface area contributed by atoms with E-state index in [2.05, 4.69) is 10.6 Å². The molecule has 1 saturated carbocycles. The van der Waals surface area contributed by atoms with Gasteiger partial charge in [-0.15, -0.1) is 0 Å². The van der Waals surface area contributed by atoms with Crippen molar-refractivity contribution in [2.24, 2.45) is 5.92 Å². The van der Waals surface area contributed by atoms with Crippen molar-refractivity contribution < 1.29 is 14.7 Å². The van der Waals surface area contributed by atoms with Crippen molar-refractivity contribution >= 4 is 11.8 Å². The third-order valence-corrected chi connectivity index (χ3v) is 2.40. The summed E-state index contributed by atoms with van der Waals surface area (Å²) in [4.78, 5) is 21.7. The Morgan fingerprint density at radius 2 is 2.07 bits per heavy atom. The van der Waals surface area contributed by atoms with Gasteiger partial charge in [-0.25, -0.2) is 0 Å². The summed E-state index contributed by atoms with van der Waals surface area (Å²) in [5.41, 5.74) is 0. The summed E-state index contributed by atoms with van der Waals surface area (Å²) in [5, 5.41) is 14.6. The maximum Gasteiger partial charge on any atom is 0.221 e. The third kappa shape index (κ3) is 5.37. The fourth-order valence-electron chi connectivity index (χ4n) is 1.31. The molecule has 0 aromatic rings. The van der Waals surface area contributed by atoms with Crippen molar-refractivity contribution in [3.8, 4) is 0 Å². The molecule has 0 aliphatic heterocycles. The van der Waals surface area contributed by atoms with Gasteiger partial charge in [0.15, 0.2) is 0 Å². The first-order valence-electron chi connectivity index (χ1n) is 5.29. The molecule has 5 heteroatoms. The van der Waals surface area contributed by atoms with E-state index in [0.717, 1.165) is 12.8 Å². The SMILES string of the molecule is CC(=O)NCCC(=O)NCC(O)C1CC1. The third-order valence-electron chi connectivity index (χ3n) is 2.40. The van der Waals surface area contributed by atoms with E-state index in [4.69, 9.17) is 0 Å². The second kappa shape index (κ2) is 5.70. The quantitative estimate of drug-likeness (QED) is 0.552. The van der Waals surface area contributed by atoms with Gasteiger partial charge in [0.1, 0.15) is 0 Å². The Bertz CT molecular complexity index is 239. The summed E-state index contributed by atoms with van der Waals surface area (Å²) in [6.45, 7) is 2.08. The highest BCUT2D eigenvalue weighted by Gasteiger charge is 2.29. The minimum Gasteiger partial charge on any atom is -0.391 e. The maximum atomic E-state index is 11.2. The van der Waals surface area contributed by atoms with Crippen LogP contribution in [-0.2, 0) is 9.59 Å². The van der Waals surface area contributed by atoms with Gasteiger partial charge in [0.2, 0.25) is 11.8 Å². The molecule has 5 nitrogen and oxygen atoms in total. The fraction of sp³-hybridized carbons (Fsp3) is 0.800. The molecule has 0 aromatic carbocycles. The van der Waals surface area contributed by atoms with Gasteiger partial charge < -0.3 is 15.7 Å². The zero-order valence-electron chi connectivity index (χ0n) is 8.95. The summed E-state index contributed by atoms with van der Waals surface area (Å²) in [6, 6.07) is 0. The summed E-state index contributed by atoms with van der Waals surface area (Å²) in [7, 11) is 0. The van der Waals surface area contributed by atoms with Crippen molar-refractivity contribution in [2.75, 3.05) is 13.1 Å². The lowest BCUT2D eigenvalue weighted by atomic mass is 10.2. The molecule has 86 valence electrons. The van der Waals surface area contributed by atoms with Crippen molar-refractivity contribution in [3.05, 3.63) is 0 Å². The van der Waals surface area contributed by atoms with Crippen molar-refractivity contribution in [1.29, 1.82) is 0 Å². The van der Waals surface area contributed by atoms with E-state index >= 15 is 0 Å². The Balaban J connectivity index is 2.00. The van der Waals surface area contributed by atoms with Gasteiger partial charge >= 0.3 is 0 Å². The molecule has 1 fully saturated rings. The van der Waals surface area contributed by atoms with Crippen LogP contribution < -0.4 is 10.6 Å². The number of rotatable bonds is 6. The normalized spacial score (nSPS) is 16.9. The van der Waals surface area contributed by atoms with Crippen LogP contribution in [0.3, 0.4) is 0 Å². The summed E-state index contributed by atoms with van der Waals surface area (Å²) in [5.74, 6) is 0.102. The Morgan fingerprint density at radius 1 is 1.40 bits per heavy atom. The molecule has 0 heterocycles. The number of amides is 2. The van der Waals surface area contributed by atoms with Gasteiger partial charge in [-0.2, -0.15) is 0 Å². The van der Waals surface area contributed by atoms with Crippen molar-refractivity contribution in [2.45, 2.75) is 32.3 Å². The summed E-state index contributed by atoms with van der Waals surface area (Å²) >= 11 is 0. The molecule has 15 heavy (non-hydrogen) atoms. The average molecular weight is 214 g/mol. The predicted octanol–water partition coefficient (Wildman–Crippen LogP) is -0.600. The molecule has 0 bridgehead atoms. The van der Waals surface area contributed by atoms with E-state index in [9.17, 15) is 14.7 Å². The van der Waals surface area contributed by atoms with Gasteiger partial charge in [0, 0.05) is 26.4 Å². The number of carbonyl (C=O) groups excluding carboxylic acids is 2. The number of hydrogen-bond donors (Lipinski definition) is 3. The minimum atomic E-state index is -0.408. The van der Waals surface area contributed by atoms with Crippen LogP contribution in [0.4, 0.5) is 0 Å². The first kappa shape index (κ1) is 12.0. The van der Waals surface area contributed by atoms with Crippen LogP contribution in [0, 0.1) is 5.92 Å². The molecule has 2 amide bonds. The second-order valence-corrected chi connectivity index (χ2v) is 3.94. The molecule has 1 atom stereocenters. The van der Waals surface area contributed by atoms with Crippen LogP contribution in [0.15, 0.2) is 0 Å². The zero-order chi connectivity index (χ0) is 11.3. The fourth-order valence-corrected chi connectivity index (χ4v) is 1.31. The molecule has 1 aliphatic carbocycles. The highest BCUT2D eigenvalue weighted by atomic mass is 16.3. The highest BCUT2D eigenvalue weighted by Crippen LogP contribution is 2.32. The Labute approximate surface area is 89.2 Å². The van der Waals surface area contributed by atoms with E-state index in [1.807, 2.05) is 0 Å². The molecule has 3 N–H and O–H groups in total. The van der Waals surface area contributed by atoms with Crippen molar-refractivity contribution in [1.82, 2.24) is 10.6 Å². The summed E-state index contributed by atoms with van der Waals surface area (Å²) in [6.07, 6.45) is 1.97. The number of nitrogens with one attached hydrogen (secondary N) is 2. The Kier molecular flexibility index (Phi) is 4.55. The number of carbonyl (C=O) groups is 2. The number of aliphatic hydroxyl groups is 1. The first-order chi connectivity index (χ1) is 7.09. The molecular formula is C10H18N2O3. The maximum absolute atomic E-state index is 11.2. The van der Waals surface area contributed by atoms with E-state index in [-0.39, 0.29) is 18.2 Å². The van der Waals surface area contributed by atoms with E-state index in [1.165, 1.54) is 6.92 Å². The largest absolute Gasteiger partial charge is 0.391 e. The van der Waals surface area contributed by atoms with Crippen molar-refractivity contribution in [3.63, 3.8) is 0 Å². The van der Waals surface area contributed by atoms with Gasteiger partial charge in [-0.1, -0.05) is 0 Å². The van der Waals surface area contributed by atoms with Gasteiger partial charge in [-0.3, -0.25) is 9.59 Å². The van der Waals surface area contributed by atoms with Crippen LogP contribution in [0.5, 0.6) is 0 Å². The average Bonchev–Trinajstić information content (AvgIpc) is 2.96. The molecule has 0 radical (unpaired) electrons. The standard InChI is InChI=1S/C10H18N2O3/c1-7(13)11-5-4-10(15)12-6-9(14)8-2-3-8/h8-9,14H,2-6H2,1H3,(H,11,13)(H,12,15). The van der Waals surface area contributed by atoms with Gasteiger partial charge in [0.25, 0.3) is 0 Å². The monoisotopic (exact) mass is 214 g/mol. The highest BCUT2D eigenvalue weighted by molar-refractivity contribution is 5.77. The van der Waals surface area contributed by atoms with Crippen LogP contribution in [0.2, 0.25) is 0 Å². The Hall–Kier alpha value is -1.10. The number of hydrogen-bond acceptors (Lipinski definition) is 3. The molecular weight excluding hydrogens is 196 g/mol.